The third-order valence-corrected chi connectivity index (χ3v) is 4.20. The van der Waals surface area contributed by atoms with E-state index in [1.165, 1.54) is 20.0 Å². The lowest BCUT2D eigenvalue weighted by atomic mass is 9.83. The Morgan fingerprint density at radius 3 is 2.25 bits per heavy atom. The van der Waals surface area contributed by atoms with Crippen LogP contribution in [0.15, 0.2) is 0 Å². The molecule has 5 nitrogen and oxygen atoms in total. The zero-order chi connectivity index (χ0) is 15.0. The van der Waals surface area contributed by atoms with Crippen molar-refractivity contribution in [1.82, 2.24) is 5.32 Å². The molecule has 1 fully saturated rings. The summed E-state index contributed by atoms with van der Waals surface area (Å²) in [6, 6.07) is 0.703. The molecule has 0 spiro atoms. The van der Waals surface area contributed by atoms with Gasteiger partial charge in [-0.25, -0.2) is 0 Å². The normalized spacial score (nSPS) is 24.6. The third-order valence-electron chi connectivity index (χ3n) is 4.20. The van der Waals surface area contributed by atoms with Gasteiger partial charge in [0.05, 0.1) is 13.2 Å². The van der Waals surface area contributed by atoms with Crippen molar-refractivity contribution in [3.63, 3.8) is 0 Å². The van der Waals surface area contributed by atoms with Crippen molar-refractivity contribution in [2.45, 2.75) is 63.8 Å². The summed E-state index contributed by atoms with van der Waals surface area (Å²) < 4.78 is 15.2. The molecular formula is C15H29NO4. The molecule has 0 aliphatic heterocycles. The fraction of sp³-hybridized carbons (Fsp3) is 0.933. The number of carbonyl (C=O) groups is 1. The van der Waals surface area contributed by atoms with E-state index in [0.29, 0.717) is 18.4 Å². The zero-order valence-electron chi connectivity index (χ0n) is 13.2. The van der Waals surface area contributed by atoms with Crippen molar-refractivity contribution in [2.24, 2.45) is 5.92 Å². The Labute approximate surface area is 122 Å². The van der Waals surface area contributed by atoms with Crippen LogP contribution in [-0.2, 0) is 19.0 Å². The first-order valence-electron chi connectivity index (χ1n) is 7.49. The summed E-state index contributed by atoms with van der Waals surface area (Å²) in [4.78, 5) is 11.1. The molecule has 118 valence electrons. The summed E-state index contributed by atoms with van der Waals surface area (Å²) in [6.07, 6.45) is 5.94. The number of hydrogen-bond donors (Lipinski definition) is 1. The Bertz CT molecular complexity index is 273. The second-order valence-electron chi connectivity index (χ2n) is 5.63. The monoisotopic (exact) mass is 287 g/mol. The van der Waals surface area contributed by atoms with E-state index in [1.54, 1.807) is 14.2 Å². The molecule has 1 unspecified atom stereocenters. The van der Waals surface area contributed by atoms with Gasteiger partial charge in [0.25, 0.3) is 0 Å². The van der Waals surface area contributed by atoms with Gasteiger partial charge in [0.15, 0.2) is 6.29 Å². The minimum Gasteiger partial charge on any atom is -0.469 e. The molecule has 0 heterocycles. The van der Waals surface area contributed by atoms with Crippen molar-refractivity contribution in [3.05, 3.63) is 0 Å². The summed E-state index contributed by atoms with van der Waals surface area (Å²) in [5, 5.41) is 3.58. The maximum Gasteiger partial charge on any atom is 0.305 e. The number of methoxy groups -OCH3 is 3. The lowest BCUT2D eigenvalue weighted by molar-refractivity contribution is -0.141. The number of esters is 1. The van der Waals surface area contributed by atoms with E-state index in [1.807, 2.05) is 0 Å². The quantitative estimate of drug-likeness (QED) is 0.547. The predicted molar refractivity (Wildman–Crippen MR) is 77.4 cm³/mol. The molecular weight excluding hydrogens is 258 g/mol. The van der Waals surface area contributed by atoms with Gasteiger partial charge in [0.2, 0.25) is 0 Å². The number of nitrogens with one attached hydrogen (secondary N) is 1. The van der Waals surface area contributed by atoms with Crippen molar-refractivity contribution >= 4 is 5.97 Å². The fourth-order valence-corrected chi connectivity index (χ4v) is 3.00. The largest absolute Gasteiger partial charge is 0.469 e. The van der Waals surface area contributed by atoms with Crippen LogP contribution in [0.5, 0.6) is 0 Å². The van der Waals surface area contributed by atoms with Crippen LogP contribution in [0.25, 0.3) is 0 Å². The summed E-state index contributed by atoms with van der Waals surface area (Å²) in [5.41, 5.74) is 0. The van der Waals surface area contributed by atoms with Crippen LogP contribution in [0.3, 0.4) is 0 Å². The lowest BCUT2D eigenvalue weighted by Crippen LogP contribution is -2.46. The number of carbonyl (C=O) groups excluding carboxylic acids is 1. The number of ether oxygens (including phenoxy) is 3. The SMILES string of the molecule is COC(=O)CC[C@H]1CC[C@H](NC(C)C(OC)OC)CC1. The molecule has 1 rings (SSSR count). The second kappa shape index (κ2) is 9.32. The van der Waals surface area contributed by atoms with Crippen LogP contribution in [0.4, 0.5) is 0 Å². The Hall–Kier alpha value is -0.650. The standard InChI is InChI=1S/C15H29NO4/c1-11(15(19-3)20-4)16-13-8-5-12(6-9-13)7-10-14(17)18-2/h11-13,15-16H,5-10H2,1-4H3/t11?,12-,13-. The smallest absolute Gasteiger partial charge is 0.305 e. The summed E-state index contributed by atoms with van der Waals surface area (Å²) in [6.45, 7) is 2.08. The minimum atomic E-state index is -0.202. The highest BCUT2D eigenvalue weighted by molar-refractivity contribution is 5.69. The molecule has 0 bridgehead atoms. The van der Waals surface area contributed by atoms with Gasteiger partial charge in [0, 0.05) is 26.7 Å². The van der Waals surface area contributed by atoms with Crippen LogP contribution in [0, 0.1) is 5.92 Å². The molecule has 1 atom stereocenters. The average Bonchev–Trinajstić information content (AvgIpc) is 2.47. The van der Waals surface area contributed by atoms with Gasteiger partial charge < -0.3 is 19.5 Å². The lowest BCUT2D eigenvalue weighted by Gasteiger charge is -2.33. The third kappa shape index (κ3) is 5.77. The van der Waals surface area contributed by atoms with Gasteiger partial charge in [-0.15, -0.1) is 0 Å². The van der Waals surface area contributed by atoms with Gasteiger partial charge in [-0.1, -0.05) is 0 Å². The number of rotatable bonds is 8. The Morgan fingerprint density at radius 2 is 1.75 bits per heavy atom. The molecule has 0 aromatic heterocycles. The highest BCUT2D eigenvalue weighted by Gasteiger charge is 2.25. The number of hydrogen-bond acceptors (Lipinski definition) is 5. The molecule has 1 saturated carbocycles. The van der Waals surface area contributed by atoms with Gasteiger partial charge in [-0.2, -0.15) is 0 Å². The molecule has 0 aromatic carbocycles. The van der Waals surface area contributed by atoms with E-state index in [9.17, 15) is 4.79 Å². The molecule has 20 heavy (non-hydrogen) atoms. The Balaban J connectivity index is 2.23. The zero-order valence-corrected chi connectivity index (χ0v) is 13.2. The van der Waals surface area contributed by atoms with E-state index in [2.05, 4.69) is 17.0 Å². The van der Waals surface area contributed by atoms with Crippen LogP contribution >= 0.6 is 0 Å². The highest BCUT2D eigenvalue weighted by Crippen LogP contribution is 2.28. The van der Waals surface area contributed by atoms with E-state index >= 15 is 0 Å². The van der Waals surface area contributed by atoms with Gasteiger partial charge in [-0.3, -0.25) is 4.79 Å². The van der Waals surface area contributed by atoms with Crippen molar-refractivity contribution in [3.8, 4) is 0 Å². The minimum absolute atomic E-state index is 0.0955. The molecule has 0 aromatic rings. The first-order valence-corrected chi connectivity index (χ1v) is 7.49. The fourth-order valence-electron chi connectivity index (χ4n) is 3.00. The summed E-state index contributed by atoms with van der Waals surface area (Å²) in [7, 11) is 4.78. The first kappa shape index (κ1) is 17.4. The predicted octanol–water partition coefficient (Wildman–Crippen LogP) is 2.10. The first-order chi connectivity index (χ1) is 9.60. The van der Waals surface area contributed by atoms with E-state index in [-0.39, 0.29) is 18.3 Å². The summed E-state index contributed by atoms with van der Waals surface area (Å²) >= 11 is 0. The maximum atomic E-state index is 11.1. The van der Waals surface area contributed by atoms with E-state index < -0.39 is 0 Å². The maximum absolute atomic E-state index is 11.1. The van der Waals surface area contributed by atoms with E-state index in [4.69, 9.17) is 9.47 Å². The molecule has 1 aliphatic carbocycles. The van der Waals surface area contributed by atoms with Gasteiger partial charge >= 0.3 is 5.97 Å². The van der Waals surface area contributed by atoms with Gasteiger partial charge in [0.1, 0.15) is 0 Å². The Morgan fingerprint density at radius 1 is 1.15 bits per heavy atom. The second-order valence-corrected chi connectivity index (χ2v) is 5.63. The van der Waals surface area contributed by atoms with Crippen LogP contribution in [0.2, 0.25) is 0 Å². The van der Waals surface area contributed by atoms with Crippen LogP contribution < -0.4 is 5.32 Å². The van der Waals surface area contributed by atoms with Crippen molar-refractivity contribution in [2.75, 3.05) is 21.3 Å². The average molecular weight is 287 g/mol. The van der Waals surface area contributed by atoms with Crippen molar-refractivity contribution < 1.29 is 19.0 Å². The molecule has 1 N–H and O–H groups in total. The highest BCUT2D eigenvalue weighted by atomic mass is 16.7. The van der Waals surface area contributed by atoms with Crippen LogP contribution in [-0.4, -0.2) is 45.7 Å². The molecule has 0 amide bonds. The van der Waals surface area contributed by atoms with Crippen LogP contribution in [0.1, 0.15) is 45.4 Å². The summed E-state index contributed by atoms with van der Waals surface area (Å²) in [5.74, 6) is 0.560. The van der Waals surface area contributed by atoms with E-state index in [0.717, 1.165) is 19.3 Å². The molecule has 0 radical (unpaired) electrons. The molecule has 1 aliphatic rings. The molecule has 5 heteroatoms. The van der Waals surface area contributed by atoms with Crippen molar-refractivity contribution in [1.29, 1.82) is 0 Å². The Kier molecular flexibility index (Phi) is 8.11. The molecule has 0 saturated heterocycles. The van der Waals surface area contributed by atoms with Gasteiger partial charge in [-0.05, 0) is 44.9 Å². The topological polar surface area (TPSA) is 56.8 Å².